The molecule has 2 rings (SSSR count). The molecule has 15 heavy (non-hydrogen) atoms. The predicted octanol–water partition coefficient (Wildman–Crippen LogP) is 4.51. The molecule has 0 unspecified atom stereocenters. The molecule has 1 aromatic carbocycles. The van der Waals surface area contributed by atoms with Gasteiger partial charge in [0.25, 0.3) is 0 Å². The van der Waals surface area contributed by atoms with Crippen molar-refractivity contribution < 1.29 is 0 Å². The van der Waals surface area contributed by atoms with E-state index in [4.69, 9.17) is 0 Å². The Labute approximate surface area is 99.2 Å². The van der Waals surface area contributed by atoms with Crippen LogP contribution in [0.2, 0.25) is 0 Å². The zero-order chi connectivity index (χ0) is 10.8. The molecule has 0 aliphatic rings. The fraction of sp³-hybridized carbons (Fsp3) is 0.385. The number of halogens is 1. The van der Waals surface area contributed by atoms with Crippen molar-refractivity contribution in [3.8, 4) is 0 Å². The Bertz CT molecular complexity index is 471. The molecule has 2 heteroatoms. The van der Waals surface area contributed by atoms with E-state index >= 15 is 0 Å². The highest BCUT2D eigenvalue weighted by Crippen LogP contribution is 2.24. The van der Waals surface area contributed by atoms with Gasteiger partial charge in [0.15, 0.2) is 0 Å². The number of fused-ring (bicyclic) bond motifs is 1. The molecule has 0 fully saturated rings. The third-order valence-corrected chi connectivity index (χ3v) is 3.29. The monoisotopic (exact) mass is 265 g/mol. The number of nitrogens with zero attached hydrogens (tertiary/aromatic N) is 1. The summed E-state index contributed by atoms with van der Waals surface area (Å²) in [5, 5.41) is 1.36. The summed E-state index contributed by atoms with van der Waals surface area (Å²) in [5.41, 5.74) is 2.71. The quantitative estimate of drug-likeness (QED) is 0.770. The number of aromatic nitrogens is 1. The molecule has 0 radical (unpaired) electrons. The molecule has 0 saturated carbocycles. The van der Waals surface area contributed by atoms with Crippen LogP contribution in [0.1, 0.15) is 25.3 Å². The third kappa shape index (κ3) is 2.10. The summed E-state index contributed by atoms with van der Waals surface area (Å²) in [6.07, 6.45) is 4.75. The maximum absolute atomic E-state index is 3.52. The molecular weight excluding hydrogens is 250 g/mol. The number of rotatable bonds is 3. The molecule has 1 nitrogen and oxygen atoms in total. The van der Waals surface area contributed by atoms with Crippen molar-refractivity contribution in [3.63, 3.8) is 0 Å². The second-order valence-corrected chi connectivity index (χ2v) is 4.94. The highest BCUT2D eigenvalue weighted by atomic mass is 79.9. The molecule has 0 spiro atoms. The Balaban J connectivity index is 2.48. The summed E-state index contributed by atoms with van der Waals surface area (Å²) < 4.78 is 3.52. The fourth-order valence-corrected chi connectivity index (χ4v) is 2.32. The standard InChI is InChI=1S/C13H16BrN/c1-3-4-7-15-9-10(2)12-8-11(14)5-6-13(12)15/h5-6,8-9H,3-4,7H2,1-2H3. The molecule has 0 bridgehead atoms. The van der Waals surface area contributed by atoms with E-state index in [9.17, 15) is 0 Å². The highest BCUT2D eigenvalue weighted by Gasteiger charge is 2.04. The Kier molecular flexibility index (Phi) is 3.15. The summed E-state index contributed by atoms with van der Waals surface area (Å²) in [7, 11) is 0. The van der Waals surface area contributed by atoms with Gasteiger partial charge >= 0.3 is 0 Å². The van der Waals surface area contributed by atoms with Gasteiger partial charge in [0.2, 0.25) is 0 Å². The molecule has 0 aliphatic heterocycles. The summed E-state index contributed by atoms with van der Waals surface area (Å²) in [5.74, 6) is 0. The maximum atomic E-state index is 3.52. The average Bonchev–Trinajstić information content (AvgIpc) is 2.53. The minimum Gasteiger partial charge on any atom is -0.347 e. The lowest BCUT2D eigenvalue weighted by molar-refractivity contribution is 0.649. The van der Waals surface area contributed by atoms with Crippen LogP contribution in [0.3, 0.4) is 0 Å². The first-order chi connectivity index (χ1) is 7.22. The molecule has 2 aromatic rings. The molecule has 0 N–H and O–H groups in total. The minimum absolute atomic E-state index is 1.13. The number of hydrogen-bond acceptors (Lipinski definition) is 0. The van der Waals surface area contributed by atoms with Crippen molar-refractivity contribution in [2.45, 2.75) is 33.2 Å². The molecule has 0 amide bonds. The van der Waals surface area contributed by atoms with Gasteiger partial charge in [0.1, 0.15) is 0 Å². The van der Waals surface area contributed by atoms with Crippen LogP contribution in [0.5, 0.6) is 0 Å². The van der Waals surface area contributed by atoms with Gasteiger partial charge in [0.05, 0.1) is 0 Å². The zero-order valence-electron chi connectivity index (χ0n) is 9.26. The summed E-state index contributed by atoms with van der Waals surface area (Å²) in [6.45, 7) is 5.54. The SMILES string of the molecule is CCCCn1cc(C)c2cc(Br)ccc21. The molecule has 0 atom stereocenters. The predicted molar refractivity (Wildman–Crippen MR) is 69.3 cm³/mol. The summed E-state index contributed by atoms with van der Waals surface area (Å²) in [6, 6.07) is 6.51. The second-order valence-electron chi connectivity index (χ2n) is 4.02. The van der Waals surface area contributed by atoms with Gasteiger partial charge < -0.3 is 4.57 Å². The Hall–Kier alpha value is -0.760. The lowest BCUT2D eigenvalue weighted by atomic mass is 10.2. The topological polar surface area (TPSA) is 4.93 Å². The lowest BCUT2D eigenvalue weighted by Crippen LogP contribution is -1.94. The number of benzene rings is 1. The molecule has 1 heterocycles. The van der Waals surface area contributed by atoms with Crippen molar-refractivity contribution >= 4 is 26.8 Å². The number of unbranched alkanes of at least 4 members (excludes halogenated alkanes) is 1. The van der Waals surface area contributed by atoms with Gasteiger partial charge in [-0.2, -0.15) is 0 Å². The van der Waals surface area contributed by atoms with Crippen LogP contribution >= 0.6 is 15.9 Å². The van der Waals surface area contributed by atoms with Crippen molar-refractivity contribution in [2.75, 3.05) is 0 Å². The van der Waals surface area contributed by atoms with E-state index in [0.29, 0.717) is 0 Å². The first kappa shape index (κ1) is 10.7. The van der Waals surface area contributed by atoms with Gasteiger partial charge in [-0.15, -0.1) is 0 Å². The molecule has 0 saturated heterocycles. The number of hydrogen-bond donors (Lipinski definition) is 0. The van der Waals surface area contributed by atoms with E-state index in [-0.39, 0.29) is 0 Å². The van der Waals surface area contributed by atoms with E-state index in [2.05, 4.69) is 58.7 Å². The normalized spacial score (nSPS) is 11.1. The first-order valence-electron chi connectivity index (χ1n) is 5.47. The Morgan fingerprint density at radius 2 is 2.13 bits per heavy atom. The van der Waals surface area contributed by atoms with Gasteiger partial charge in [-0.3, -0.25) is 0 Å². The molecule has 0 aliphatic carbocycles. The smallest absolute Gasteiger partial charge is 0.0483 e. The zero-order valence-corrected chi connectivity index (χ0v) is 10.8. The van der Waals surface area contributed by atoms with Crippen LogP contribution in [-0.4, -0.2) is 4.57 Å². The van der Waals surface area contributed by atoms with Crippen molar-refractivity contribution in [1.82, 2.24) is 4.57 Å². The molecular formula is C13H16BrN. The molecule has 80 valence electrons. The fourth-order valence-electron chi connectivity index (χ4n) is 1.96. The van der Waals surface area contributed by atoms with Crippen LogP contribution in [0.4, 0.5) is 0 Å². The molecule has 1 aromatic heterocycles. The largest absolute Gasteiger partial charge is 0.347 e. The van der Waals surface area contributed by atoms with Crippen molar-refractivity contribution in [2.24, 2.45) is 0 Å². The van der Waals surface area contributed by atoms with Gasteiger partial charge in [-0.25, -0.2) is 0 Å². The van der Waals surface area contributed by atoms with E-state index in [1.165, 1.54) is 29.3 Å². The number of aryl methyl sites for hydroxylation is 2. The highest BCUT2D eigenvalue weighted by molar-refractivity contribution is 9.10. The third-order valence-electron chi connectivity index (χ3n) is 2.79. The van der Waals surface area contributed by atoms with Gasteiger partial charge in [-0.05, 0) is 37.1 Å². The second kappa shape index (κ2) is 4.40. The lowest BCUT2D eigenvalue weighted by Gasteiger charge is -2.03. The van der Waals surface area contributed by atoms with E-state index < -0.39 is 0 Å². The maximum Gasteiger partial charge on any atom is 0.0483 e. The first-order valence-corrected chi connectivity index (χ1v) is 6.26. The Morgan fingerprint density at radius 1 is 1.33 bits per heavy atom. The van der Waals surface area contributed by atoms with E-state index in [0.717, 1.165) is 11.0 Å². The van der Waals surface area contributed by atoms with Crippen molar-refractivity contribution in [1.29, 1.82) is 0 Å². The van der Waals surface area contributed by atoms with E-state index in [1.807, 2.05) is 0 Å². The van der Waals surface area contributed by atoms with Crippen LogP contribution in [0, 0.1) is 6.92 Å². The average molecular weight is 266 g/mol. The van der Waals surface area contributed by atoms with Gasteiger partial charge in [-0.1, -0.05) is 29.3 Å². The van der Waals surface area contributed by atoms with Crippen LogP contribution in [0.15, 0.2) is 28.9 Å². The van der Waals surface area contributed by atoms with Gasteiger partial charge in [0, 0.05) is 28.1 Å². The van der Waals surface area contributed by atoms with Crippen LogP contribution in [-0.2, 0) is 6.54 Å². The van der Waals surface area contributed by atoms with Crippen LogP contribution in [0.25, 0.3) is 10.9 Å². The Morgan fingerprint density at radius 3 is 2.87 bits per heavy atom. The van der Waals surface area contributed by atoms with E-state index in [1.54, 1.807) is 0 Å². The summed E-state index contributed by atoms with van der Waals surface area (Å²) in [4.78, 5) is 0. The van der Waals surface area contributed by atoms with Crippen molar-refractivity contribution in [3.05, 3.63) is 34.4 Å². The minimum atomic E-state index is 1.13. The van der Waals surface area contributed by atoms with Crippen LogP contribution < -0.4 is 0 Å². The summed E-state index contributed by atoms with van der Waals surface area (Å²) >= 11 is 3.52.